The Balaban J connectivity index is 0.00000264. The first-order chi connectivity index (χ1) is 10.1. The van der Waals surface area contributed by atoms with Crippen LogP contribution in [-0.2, 0) is 24.1 Å². The molecular formula is C13H20BrClN4O3S. The number of nitrogens with two attached hydrogens (primary N) is 1. The van der Waals surface area contributed by atoms with Gasteiger partial charge in [-0.15, -0.1) is 12.4 Å². The average Bonchev–Trinajstić information content (AvgIpc) is 2.62. The van der Waals surface area contributed by atoms with Crippen LogP contribution in [0.5, 0.6) is 0 Å². The maximum atomic E-state index is 12.4. The summed E-state index contributed by atoms with van der Waals surface area (Å²) >= 11 is 3.27. The number of rotatable bonds is 5. The van der Waals surface area contributed by atoms with Crippen molar-refractivity contribution in [2.24, 2.45) is 19.8 Å². The van der Waals surface area contributed by atoms with E-state index in [1.807, 2.05) is 6.92 Å². The van der Waals surface area contributed by atoms with E-state index in [0.717, 1.165) is 0 Å². The Bertz CT molecular complexity index is 873. The lowest BCUT2D eigenvalue weighted by Gasteiger charge is -2.10. The number of aryl methyl sites for hydroxylation is 2. The van der Waals surface area contributed by atoms with Crippen molar-refractivity contribution in [1.82, 2.24) is 13.9 Å². The molecule has 2 rings (SSSR count). The predicted molar refractivity (Wildman–Crippen MR) is 96.6 cm³/mol. The first-order valence-corrected chi connectivity index (χ1v) is 9.03. The summed E-state index contributed by atoms with van der Waals surface area (Å²) in [6, 6.07) is 3.05. The van der Waals surface area contributed by atoms with Crippen LogP contribution in [0, 0.1) is 0 Å². The quantitative estimate of drug-likeness (QED) is 0.746. The van der Waals surface area contributed by atoms with Crippen LogP contribution >= 0.6 is 28.3 Å². The van der Waals surface area contributed by atoms with Gasteiger partial charge < -0.3 is 5.73 Å². The van der Waals surface area contributed by atoms with E-state index in [1.54, 1.807) is 20.2 Å². The topological polar surface area (TPSA) is 99.1 Å². The SMILES string of the molecule is CC(N)CCNS(=O)(=O)c1cc2c(cc1Br)n(C)c(=O)n2C.Cl. The van der Waals surface area contributed by atoms with Gasteiger partial charge >= 0.3 is 5.69 Å². The number of sulfonamides is 1. The molecular weight excluding hydrogens is 408 g/mol. The summed E-state index contributed by atoms with van der Waals surface area (Å²) in [6.07, 6.45) is 0.545. The second-order valence-electron chi connectivity index (χ2n) is 5.34. The van der Waals surface area contributed by atoms with Crippen LogP contribution in [0.1, 0.15) is 13.3 Å². The Morgan fingerprint density at radius 3 is 2.30 bits per heavy atom. The number of imidazole rings is 1. The van der Waals surface area contributed by atoms with Crippen molar-refractivity contribution in [1.29, 1.82) is 0 Å². The van der Waals surface area contributed by atoms with Gasteiger partial charge in [0.05, 0.1) is 15.9 Å². The van der Waals surface area contributed by atoms with E-state index < -0.39 is 10.0 Å². The molecule has 0 radical (unpaired) electrons. The van der Waals surface area contributed by atoms with Crippen LogP contribution in [0.4, 0.5) is 0 Å². The Morgan fingerprint density at radius 1 is 1.26 bits per heavy atom. The highest BCUT2D eigenvalue weighted by Crippen LogP contribution is 2.27. The molecule has 0 saturated heterocycles. The van der Waals surface area contributed by atoms with Crippen LogP contribution in [0.15, 0.2) is 26.3 Å². The lowest BCUT2D eigenvalue weighted by Crippen LogP contribution is -2.29. The standard InChI is InChI=1S/C13H19BrN4O3S.ClH/c1-8(15)4-5-16-22(20,21)12-7-11-10(6-9(12)14)17(2)13(19)18(11)3;/h6-8,16H,4-5,15H2,1-3H3;1H. The highest BCUT2D eigenvalue weighted by atomic mass is 79.9. The van der Waals surface area contributed by atoms with Crippen LogP contribution in [0.25, 0.3) is 11.0 Å². The lowest BCUT2D eigenvalue weighted by molar-refractivity contribution is 0.571. The number of nitrogens with one attached hydrogen (secondary N) is 1. The second kappa shape index (κ2) is 7.35. The number of hydrogen-bond acceptors (Lipinski definition) is 4. The molecule has 0 aliphatic heterocycles. The van der Waals surface area contributed by atoms with Crippen molar-refractivity contribution in [3.63, 3.8) is 0 Å². The zero-order chi connectivity index (χ0) is 16.7. The van der Waals surface area contributed by atoms with Gasteiger partial charge in [0, 0.05) is 31.2 Å². The molecule has 0 fully saturated rings. The monoisotopic (exact) mass is 426 g/mol. The number of fused-ring (bicyclic) bond motifs is 1. The largest absolute Gasteiger partial charge is 0.328 e. The van der Waals surface area contributed by atoms with Gasteiger partial charge in [0.15, 0.2) is 0 Å². The minimum Gasteiger partial charge on any atom is -0.328 e. The van der Waals surface area contributed by atoms with E-state index >= 15 is 0 Å². The summed E-state index contributed by atoms with van der Waals surface area (Å²) in [5, 5.41) is 0. The number of halogens is 2. The molecule has 0 aliphatic rings. The van der Waals surface area contributed by atoms with Crippen molar-refractivity contribution in [2.45, 2.75) is 24.3 Å². The number of nitrogens with zero attached hydrogens (tertiary/aromatic N) is 2. The molecule has 1 aromatic carbocycles. The number of benzene rings is 1. The highest BCUT2D eigenvalue weighted by molar-refractivity contribution is 9.10. The first kappa shape index (κ1) is 20.2. The van der Waals surface area contributed by atoms with Gasteiger partial charge in [-0.05, 0) is 41.4 Å². The molecule has 1 atom stereocenters. The maximum absolute atomic E-state index is 12.4. The third-order valence-corrected chi connectivity index (χ3v) is 5.93. The highest BCUT2D eigenvalue weighted by Gasteiger charge is 2.20. The molecule has 1 aromatic heterocycles. The number of aromatic nitrogens is 2. The van der Waals surface area contributed by atoms with Crippen molar-refractivity contribution in [3.8, 4) is 0 Å². The number of hydrogen-bond donors (Lipinski definition) is 2. The van der Waals surface area contributed by atoms with E-state index in [4.69, 9.17) is 5.73 Å². The summed E-state index contributed by atoms with van der Waals surface area (Å²) < 4.78 is 30.6. The van der Waals surface area contributed by atoms with Crippen LogP contribution in [-0.4, -0.2) is 30.1 Å². The molecule has 23 heavy (non-hydrogen) atoms. The van der Waals surface area contributed by atoms with Gasteiger partial charge in [-0.3, -0.25) is 9.13 Å². The molecule has 130 valence electrons. The molecule has 1 heterocycles. The van der Waals surface area contributed by atoms with Gasteiger partial charge in [0.25, 0.3) is 0 Å². The van der Waals surface area contributed by atoms with Gasteiger partial charge in [-0.2, -0.15) is 0 Å². The first-order valence-electron chi connectivity index (χ1n) is 6.75. The summed E-state index contributed by atoms with van der Waals surface area (Å²) in [6.45, 7) is 2.08. The van der Waals surface area contributed by atoms with Gasteiger partial charge in [0.1, 0.15) is 0 Å². The van der Waals surface area contributed by atoms with Crippen LogP contribution < -0.4 is 16.1 Å². The van der Waals surface area contributed by atoms with Crippen molar-refractivity contribution < 1.29 is 8.42 Å². The van der Waals surface area contributed by atoms with E-state index in [9.17, 15) is 13.2 Å². The normalized spacial score (nSPS) is 13.1. The zero-order valence-corrected chi connectivity index (χ0v) is 16.3. The third kappa shape index (κ3) is 3.97. The van der Waals surface area contributed by atoms with E-state index in [1.165, 1.54) is 15.2 Å². The zero-order valence-electron chi connectivity index (χ0n) is 13.0. The van der Waals surface area contributed by atoms with Crippen molar-refractivity contribution >= 4 is 49.4 Å². The maximum Gasteiger partial charge on any atom is 0.328 e. The third-order valence-electron chi connectivity index (χ3n) is 3.51. The summed E-state index contributed by atoms with van der Waals surface area (Å²) in [5.74, 6) is 0. The van der Waals surface area contributed by atoms with Crippen LogP contribution in [0.2, 0.25) is 0 Å². The Hall–Kier alpha value is -0.870. The molecule has 0 spiro atoms. The molecule has 1 unspecified atom stereocenters. The molecule has 0 amide bonds. The molecule has 3 N–H and O–H groups in total. The second-order valence-corrected chi connectivity index (χ2v) is 7.93. The Morgan fingerprint density at radius 2 is 1.78 bits per heavy atom. The molecule has 10 heteroatoms. The Kier molecular flexibility index (Phi) is 6.45. The van der Waals surface area contributed by atoms with Crippen molar-refractivity contribution in [2.75, 3.05) is 6.54 Å². The molecule has 2 aromatic rings. The summed E-state index contributed by atoms with van der Waals surface area (Å²) in [5.41, 5.74) is 6.63. The van der Waals surface area contributed by atoms with E-state index in [0.29, 0.717) is 21.9 Å². The Labute approximate surface area is 149 Å². The molecule has 0 bridgehead atoms. The smallest absolute Gasteiger partial charge is 0.328 e. The van der Waals surface area contributed by atoms with E-state index in [-0.39, 0.29) is 35.6 Å². The van der Waals surface area contributed by atoms with Gasteiger partial charge in [-0.25, -0.2) is 17.9 Å². The lowest BCUT2D eigenvalue weighted by atomic mass is 10.3. The molecule has 0 saturated carbocycles. The van der Waals surface area contributed by atoms with Crippen LogP contribution in [0.3, 0.4) is 0 Å². The fourth-order valence-electron chi connectivity index (χ4n) is 2.21. The average molecular weight is 428 g/mol. The van der Waals surface area contributed by atoms with Crippen molar-refractivity contribution in [3.05, 3.63) is 27.1 Å². The molecule has 7 nitrogen and oxygen atoms in total. The fraction of sp³-hybridized carbons (Fsp3) is 0.462. The van der Waals surface area contributed by atoms with Gasteiger partial charge in [0.2, 0.25) is 10.0 Å². The summed E-state index contributed by atoms with van der Waals surface area (Å²) in [7, 11) is -0.421. The fourth-order valence-corrected chi connectivity index (χ4v) is 4.30. The van der Waals surface area contributed by atoms with Gasteiger partial charge in [-0.1, -0.05) is 0 Å². The minimum absolute atomic E-state index is 0. The van der Waals surface area contributed by atoms with E-state index in [2.05, 4.69) is 20.7 Å². The minimum atomic E-state index is -3.68. The summed E-state index contributed by atoms with van der Waals surface area (Å²) in [4.78, 5) is 12.0. The predicted octanol–water partition coefficient (Wildman–Crippen LogP) is 1.08. The molecule has 0 aliphatic carbocycles.